The highest BCUT2D eigenvalue weighted by Crippen LogP contribution is 2.38. The Kier molecular flexibility index (Phi) is 4.21. The molecule has 1 aliphatic carbocycles. The number of nitrogens with two attached hydrogens (primary N) is 1. The van der Waals surface area contributed by atoms with E-state index in [1.54, 1.807) is 12.3 Å². The lowest BCUT2D eigenvalue weighted by Crippen LogP contribution is -2.15. The molecular formula is C21H19N5O. The summed E-state index contributed by atoms with van der Waals surface area (Å²) in [6.45, 7) is 2.10. The lowest BCUT2D eigenvalue weighted by atomic mass is 10.0. The largest absolute Gasteiger partial charge is 0.383 e. The molecule has 0 spiro atoms. The van der Waals surface area contributed by atoms with E-state index in [9.17, 15) is 4.79 Å². The maximum atomic E-state index is 12.2. The van der Waals surface area contributed by atoms with E-state index in [1.807, 2.05) is 24.3 Å². The molecule has 1 amide bonds. The summed E-state index contributed by atoms with van der Waals surface area (Å²) in [6, 6.07) is 14.0. The Hall–Kier alpha value is -3.46. The number of nitrogens with one attached hydrogen (secondary N) is 1. The van der Waals surface area contributed by atoms with Gasteiger partial charge in [-0.15, -0.1) is 0 Å². The molecule has 27 heavy (non-hydrogen) atoms. The van der Waals surface area contributed by atoms with E-state index in [-0.39, 0.29) is 17.7 Å². The van der Waals surface area contributed by atoms with Crippen LogP contribution in [0.3, 0.4) is 0 Å². The number of benzene rings is 1. The number of nitrogen functional groups attached to an aromatic ring is 1. The number of nitriles is 1. The number of carbonyl (C=O) groups is 1. The van der Waals surface area contributed by atoms with Crippen molar-refractivity contribution in [1.82, 2.24) is 9.97 Å². The minimum absolute atomic E-state index is 0.160. The van der Waals surface area contributed by atoms with Gasteiger partial charge in [0.2, 0.25) is 5.91 Å². The summed E-state index contributed by atoms with van der Waals surface area (Å²) < 4.78 is 0. The third kappa shape index (κ3) is 3.20. The fraction of sp³-hybridized carbons (Fsp3) is 0.238. The first-order valence-electron chi connectivity index (χ1n) is 8.95. The Morgan fingerprint density at radius 3 is 2.93 bits per heavy atom. The third-order valence-corrected chi connectivity index (χ3v) is 4.96. The molecule has 0 bridgehead atoms. The van der Waals surface area contributed by atoms with Crippen LogP contribution in [-0.4, -0.2) is 15.9 Å². The summed E-state index contributed by atoms with van der Waals surface area (Å²) in [7, 11) is 0. The zero-order chi connectivity index (χ0) is 19.0. The van der Waals surface area contributed by atoms with Crippen LogP contribution in [0.5, 0.6) is 0 Å². The predicted molar refractivity (Wildman–Crippen MR) is 105 cm³/mol. The normalized spacial score (nSPS) is 18.1. The van der Waals surface area contributed by atoms with Crippen molar-refractivity contribution >= 4 is 28.3 Å². The first-order chi connectivity index (χ1) is 13.1. The molecule has 134 valence electrons. The lowest BCUT2D eigenvalue weighted by molar-refractivity contribution is -0.117. The Labute approximate surface area is 157 Å². The first-order valence-corrected chi connectivity index (χ1v) is 8.95. The fourth-order valence-corrected chi connectivity index (χ4v) is 3.31. The summed E-state index contributed by atoms with van der Waals surface area (Å²) in [6.07, 6.45) is 3.14. The van der Waals surface area contributed by atoms with Crippen LogP contribution in [0.2, 0.25) is 0 Å². The van der Waals surface area contributed by atoms with Crippen LogP contribution < -0.4 is 11.1 Å². The van der Waals surface area contributed by atoms with Crippen molar-refractivity contribution in [3.8, 4) is 17.3 Å². The first kappa shape index (κ1) is 17.0. The molecule has 2 aromatic heterocycles. The van der Waals surface area contributed by atoms with Gasteiger partial charge < -0.3 is 11.1 Å². The second-order valence-corrected chi connectivity index (χ2v) is 6.76. The number of fused-ring (bicyclic) bond motifs is 1. The van der Waals surface area contributed by atoms with Crippen molar-refractivity contribution in [2.45, 2.75) is 19.8 Å². The van der Waals surface area contributed by atoms with Crippen LogP contribution in [0.4, 0.5) is 11.6 Å². The van der Waals surface area contributed by atoms with Gasteiger partial charge in [0, 0.05) is 17.1 Å². The molecule has 0 saturated heterocycles. The molecule has 1 saturated carbocycles. The minimum Gasteiger partial charge on any atom is -0.383 e. The Morgan fingerprint density at radius 2 is 2.19 bits per heavy atom. The van der Waals surface area contributed by atoms with Gasteiger partial charge >= 0.3 is 0 Å². The predicted octanol–water partition coefficient (Wildman–Crippen LogP) is 3.54. The third-order valence-electron chi connectivity index (χ3n) is 4.96. The van der Waals surface area contributed by atoms with Crippen molar-refractivity contribution in [3.05, 3.63) is 48.2 Å². The maximum absolute atomic E-state index is 12.2. The smallest absolute Gasteiger partial charge is 0.230 e. The molecule has 0 unspecified atom stereocenters. The summed E-state index contributed by atoms with van der Waals surface area (Å²) >= 11 is 0. The topological polar surface area (TPSA) is 105 Å². The van der Waals surface area contributed by atoms with E-state index in [0.717, 1.165) is 28.5 Å². The molecule has 4 rings (SSSR count). The van der Waals surface area contributed by atoms with Gasteiger partial charge in [0.15, 0.2) is 0 Å². The number of hydrogen-bond donors (Lipinski definition) is 2. The van der Waals surface area contributed by atoms with Gasteiger partial charge in [0.25, 0.3) is 0 Å². The van der Waals surface area contributed by atoms with Gasteiger partial charge in [-0.2, -0.15) is 5.26 Å². The number of rotatable bonds is 4. The monoisotopic (exact) mass is 357 g/mol. The van der Waals surface area contributed by atoms with Gasteiger partial charge in [-0.25, -0.2) is 9.97 Å². The molecule has 0 radical (unpaired) electrons. The van der Waals surface area contributed by atoms with Crippen LogP contribution in [0, 0.1) is 23.2 Å². The van der Waals surface area contributed by atoms with Crippen LogP contribution in [0.25, 0.3) is 22.0 Å². The zero-order valence-electron chi connectivity index (χ0n) is 14.9. The van der Waals surface area contributed by atoms with Crippen LogP contribution >= 0.6 is 0 Å². The number of aromatic nitrogens is 2. The van der Waals surface area contributed by atoms with E-state index in [1.165, 1.54) is 5.56 Å². The van der Waals surface area contributed by atoms with Crippen molar-refractivity contribution in [2.24, 2.45) is 11.8 Å². The van der Waals surface area contributed by atoms with E-state index in [4.69, 9.17) is 11.0 Å². The van der Waals surface area contributed by atoms with Gasteiger partial charge in [-0.1, -0.05) is 31.2 Å². The van der Waals surface area contributed by atoms with Crippen LogP contribution in [0.15, 0.2) is 42.6 Å². The average Bonchev–Trinajstić information content (AvgIpc) is 3.47. The zero-order valence-corrected chi connectivity index (χ0v) is 14.9. The molecule has 0 aliphatic heterocycles. The van der Waals surface area contributed by atoms with E-state index >= 15 is 0 Å². The van der Waals surface area contributed by atoms with E-state index < -0.39 is 0 Å². The number of aryl methyl sites for hydroxylation is 1. The highest BCUT2D eigenvalue weighted by atomic mass is 16.2. The minimum atomic E-state index is -0.234. The molecule has 1 fully saturated rings. The molecule has 3 aromatic rings. The number of pyridine rings is 2. The van der Waals surface area contributed by atoms with Gasteiger partial charge in [-0.3, -0.25) is 4.79 Å². The van der Waals surface area contributed by atoms with Gasteiger partial charge in [0.1, 0.15) is 11.6 Å². The standard InChI is InChI=1S/C21H19N5O/c1-2-12-5-3-4-6-15(12)18-8-13-9-19(24-11-17(13)20(23)25-18)26-21(27)16-7-14(16)10-22/h3-6,8-9,11,14,16H,2,7H2,1H3,(H2,23,25)(H,24,26,27)/t14-,16+/m0/s1. The number of nitrogens with zero attached hydrogens (tertiary/aromatic N) is 3. The molecular weight excluding hydrogens is 338 g/mol. The SMILES string of the molecule is CCc1ccccc1-c1cc2cc(NC(=O)[C@@H]3C[C@H]3C#N)ncc2c(N)n1. The summed E-state index contributed by atoms with van der Waals surface area (Å²) in [5.74, 6) is 0.290. The lowest BCUT2D eigenvalue weighted by Gasteiger charge is -2.11. The van der Waals surface area contributed by atoms with E-state index in [2.05, 4.69) is 34.3 Å². The molecule has 2 atom stereocenters. The molecule has 2 heterocycles. The molecule has 6 heteroatoms. The van der Waals surface area contributed by atoms with Crippen molar-refractivity contribution < 1.29 is 4.79 Å². The second kappa shape index (κ2) is 6.69. The number of amides is 1. The highest BCUT2D eigenvalue weighted by Gasteiger charge is 2.43. The Morgan fingerprint density at radius 1 is 1.37 bits per heavy atom. The Balaban J connectivity index is 1.70. The quantitative estimate of drug-likeness (QED) is 0.743. The fourth-order valence-electron chi connectivity index (χ4n) is 3.31. The number of anilines is 2. The molecule has 6 nitrogen and oxygen atoms in total. The molecule has 3 N–H and O–H groups in total. The molecule has 1 aliphatic rings. The second-order valence-electron chi connectivity index (χ2n) is 6.76. The van der Waals surface area contributed by atoms with Gasteiger partial charge in [0.05, 0.1) is 23.6 Å². The number of hydrogen-bond acceptors (Lipinski definition) is 5. The Bertz CT molecular complexity index is 1090. The summed E-state index contributed by atoms with van der Waals surface area (Å²) in [4.78, 5) is 21.0. The molecule has 1 aromatic carbocycles. The van der Waals surface area contributed by atoms with Crippen LogP contribution in [0.1, 0.15) is 18.9 Å². The van der Waals surface area contributed by atoms with Crippen molar-refractivity contribution in [1.29, 1.82) is 5.26 Å². The van der Waals surface area contributed by atoms with E-state index in [0.29, 0.717) is 18.1 Å². The van der Waals surface area contributed by atoms with Gasteiger partial charge in [-0.05, 0) is 35.9 Å². The average molecular weight is 357 g/mol. The highest BCUT2D eigenvalue weighted by molar-refractivity contribution is 5.98. The van der Waals surface area contributed by atoms with Crippen LogP contribution in [-0.2, 0) is 11.2 Å². The maximum Gasteiger partial charge on any atom is 0.230 e. The number of carbonyl (C=O) groups excluding carboxylic acids is 1. The summed E-state index contributed by atoms with van der Waals surface area (Å²) in [5, 5.41) is 13.3. The van der Waals surface area contributed by atoms with Crippen molar-refractivity contribution in [2.75, 3.05) is 11.1 Å². The summed E-state index contributed by atoms with van der Waals surface area (Å²) in [5.41, 5.74) is 9.20. The van der Waals surface area contributed by atoms with Crippen molar-refractivity contribution in [3.63, 3.8) is 0 Å².